The van der Waals surface area contributed by atoms with Gasteiger partial charge in [0.05, 0.1) is 13.2 Å². The van der Waals surface area contributed by atoms with Crippen molar-refractivity contribution in [1.29, 1.82) is 0 Å². The number of phosphoric ester groups is 1. The fourth-order valence-electron chi connectivity index (χ4n) is 2.73. The molecule has 0 spiro atoms. The number of ether oxygens (including phenoxy) is 1. The van der Waals surface area contributed by atoms with E-state index in [2.05, 4.69) is 64.6 Å². The van der Waals surface area contributed by atoms with Crippen LogP contribution in [-0.4, -0.2) is 48.4 Å². The van der Waals surface area contributed by atoms with Crippen molar-refractivity contribution in [2.45, 2.75) is 77.2 Å². The number of aliphatic hydroxyl groups excluding tert-OH is 1. The number of carbonyl (C=O) groups excluding carboxylic acids is 1. The van der Waals surface area contributed by atoms with Crippen LogP contribution in [0, 0.1) is 0 Å². The summed E-state index contributed by atoms with van der Waals surface area (Å²) < 4.78 is 25.5. The summed E-state index contributed by atoms with van der Waals surface area (Å²) in [5.74, 6) is -0.469. The molecule has 0 aromatic rings. The van der Waals surface area contributed by atoms with Crippen LogP contribution in [-0.2, 0) is 23.1 Å². The van der Waals surface area contributed by atoms with Gasteiger partial charge in [-0.15, -0.1) is 0 Å². The topological polar surface area (TPSA) is 128 Å². The van der Waals surface area contributed by atoms with Crippen LogP contribution in [0.5, 0.6) is 0 Å². The van der Waals surface area contributed by atoms with E-state index in [0.717, 1.165) is 25.7 Å². The fraction of sp³-hybridized carbons (Fsp3) is 0.593. The highest BCUT2D eigenvalue weighted by atomic mass is 31.2. The van der Waals surface area contributed by atoms with Gasteiger partial charge in [0.25, 0.3) is 0 Å². The standard InChI is InChI=1S/C27H46NO7P/c1-2-3-4-5-6-7-8-9-10-11-12-13-14-15-16-17-18-19-20-21-27(30)33-24-26(29)25-35-36(31,32)34-23-22-28/h6-7,9-10,12-13,15-16,18-19,26,29H,2-5,8,11,14,17,20-25,28H2,1H3,(H,31,32)/t26-/m1/s1. The molecule has 0 heterocycles. The van der Waals surface area contributed by atoms with Gasteiger partial charge in [0, 0.05) is 13.0 Å². The summed E-state index contributed by atoms with van der Waals surface area (Å²) in [7, 11) is -4.26. The van der Waals surface area contributed by atoms with E-state index in [1.54, 1.807) is 0 Å². The molecule has 0 radical (unpaired) electrons. The van der Waals surface area contributed by atoms with Crippen LogP contribution >= 0.6 is 7.82 Å². The Bertz CT molecular complexity index is 732. The van der Waals surface area contributed by atoms with Crippen molar-refractivity contribution >= 4 is 13.8 Å². The van der Waals surface area contributed by atoms with Gasteiger partial charge in [-0.25, -0.2) is 4.57 Å². The minimum Gasteiger partial charge on any atom is -0.463 e. The molecule has 2 atom stereocenters. The predicted molar refractivity (Wildman–Crippen MR) is 145 cm³/mol. The van der Waals surface area contributed by atoms with Gasteiger partial charge >= 0.3 is 13.8 Å². The van der Waals surface area contributed by atoms with E-state index in [-0.39, 0.29) is 26.2 Å². The molecule has 0 aliphatic heterocycles. The fourth-order valence-corrected chi connectivity index (χ4v) is 3.50. The zero-order valence-electron chi connectivity index (χ0n) is 21.7. The van der Waals surface area contributed by atoms with Crippen molar-refractivity contribution in [3.8, 4) is 0 Å². The molecular formula is C27H46NO7P. The van der Waals surface area contributed by atoms with Gasteiger partial charge < -0.3 is 20.5 Å². The number of carbonyl (C=O) groups is 1. The smallest absolute Gasteiger partial charge is 0.463 e. The molecule has 4 N–H and O–H groups in total. The third-order valence-electron chi connectivity index (χ3n) is 4.65. The lowest BCUT2D eigenvalue weighted by Crippen LogP contribution is -2.23. The molecule has 0 bridgehead atoms. The van der Waals surface area contributed by atoms with E-state index < -0.39 is 26.5 Å². The van der Waals surface area contributed by atoms with Gasteiger partial charge in [-0.3, -0.25) is 13.8 Å². The number of phosphoric acid groups is 1. The molecule has 0 amide bonds. The molecule has 0 aliphatic rings. The monoisotopic (exact) mass is 527 g/mol. The van der Waals surface area contributed by atoms with Crippen LogP contribution in [0.1, 0.15) is 71.1 Å². The van der Waals surface area contributed by atoms with Crippen molar-refractivity contribution in [2.24, 2.45) is 5.73 Å². The normalized spacial score (nSPS) is 15.1. The Morgan fingerprint density at radius 2 is 1.36 bits per heavy atom. The largest absolute Gasteiger partial charge is 0.472 e. The molecule has 0 fully saturated rings. The first-order chi connectivity index (χ1) is 17.4. The van der Waals surface area contributed by atoms with Crippen LogP contribution in [0.2, 0.25) is 0 Å². The number of aliphatic hydroxyl groups is 1. The molecule has 8 nitrogen and oxygen atoms in total. The van der Waals surface area contributed by atoms with Crippen molar-refractivity contribution in [3.63, 3.8) is 0 Å². The van der Waals surface area contributed by atoms with Gasteiger partial charge in [-0.05, 0) is 44.9 Å². The first-order valence-corrected chi connectivity index (χ1v) is 14.3. The van der Waals surface area contributed by atoms with E-state index in [0.29, 0.717) is 6.42 Å². The molecule has 0 aromatic heterocycles. The molecule has 1 unspecified atom stereocenters. The summed E-state index contributed by atoms with van der Waals surface area (Å²) in [4.78, 5) is 21.0. The Morgan fingerprint density at radius 3 is 1.89 bits per heavy atom. The van der Waals surface area contributed by atoms with Crippen LogP contribution < -0.4 is 5.73 Å². The van der Waals surface area contributed by atoms with Crippen molar-refractivity contribution in [1.82, 2.24) is 0 Å². The average molecular weight is 528 g/mol. The van der Waals surface area contributed by atoms with Gasteiger partial charge in [-0.2, -0.15) is 0 Å². The number of unbranched alkanes of at least 4 members (excludes halogenated alkanes) is 3. The molecule has 0 aromatic carbocycles. The predicted octanol–water partition coefficient (Wildman–Crippen LogP) is 5.68. The van der Waals surface area contributed by atoms with E-state index >= 15 is 0 Å². The summed E-state index contributed by atoms with van der Waals surface area (Å²) in [5.41, 5.74) is 5.17. The quantitative estimate of drug-likeness (QED) is 0.0670. The molecule has 0 rings (SSSR count). The summed E-state index contributed by atoms with van der Waals surface area (Å²) in [6.45, 7) is 1.31. The van der Waals surface area contributed by atoms with Crippen LogP contribution in [0.4, 0.5) is 0 Å². The second-order valence-corrected chi connectivity index (χ2v) is 9.51. The summed E-state index contributed by atoms with van der Waals surface area (Å²) in [6.07, 6.45) is 29.4. The summed E-state index contributed by atoms with van der Waals surface area (Å²) in [5, 5.41) is 9.67. The summed E-state index contributed by atoms with van der Waals surface area (Å²) >= 11 is 0. The highest BCUT2D eigenvalue weighted by Crippen LogP contribution is 2.42. The lowest BCUT2D eigenvalue weighted by Gasteiger charge is -2.15. The van der Waals surface area contributed by atoms with E-state index in [1.165, 1.54) is 25.7 Å². The minimum atomic E-state index is -4.26. The first-order valence-electron chi connectivity index (χ1n) is 12.8. The molecular weight excluding hydrogens is 481 g/mol. The molecule has 206 valence electrons. The molecule has 0 aliphatic carbocycles. The zero-order chi connectivity index (χ0) is 26.7. The van der Waals surface area contributed by atoms with Crippen molar-refractivity contribution in [2.75, 3.05) is 26.4 Å². The maximum absolute atomic E-state index is 11.7. The highest BCUT2D eigenvalue weighted by Gasteiger charge is 2.22. The maximum atomic E-state index is 11.7. The SMILES string of the molecule is CCCCCC=CCC=CCC=CCC=CCC=CCCC(=O)OC[C@@H](O)COP(=O)(O)OCCN. The Hall–Kier alpha value is -1.80. The summed E-state index contributed by atoms with van der Waals surface area (Å²) in [6, 6.07) is 0. The van der Waals surface area contributed by atoms with Crippen molar-refractivity contribution < 1.29 is 33.1 Å². The lowest BCUT2D eigenvalue weighted by molar-refractivity contribution is -0.147. The lowest BCUT2D eigenvalue weighted by atomic mass is 10.2. The Kier molecular flexibility index (Phi) is 23.6. The van der Waals surface area contributed by atoms with Crippen LogP contribution in [0.3, 0.4) is 0 Å². The zero-order valence-corrected chi connectivity index (χ0v) is 22.6. The van der Waals surface area contributed by atoms with Gasteiger partial charge in [0.1, 0.15) is 12.7 Å². The Labute approximate surface area is 217 Å². The number of rotatable bonds is 23. The van der Waals surface area contributed by atoms with E-state index in [9.17, 15) is 19.4 Å². The number of hydrogen-bond acceptors (Lipinski definition) is 7. The first kappa shape index (κ1) is 34.2. The third kappa shape index (κ3) is 25.3. The Balaban J connectivity index is 3.71. The minimum absolute atomic E-state index is 0.0616. The highest BCUT2D eigenvalue weighted by molar-refractivity contribution is 7.47. The molecule has 9 heteroatoms. The van der Waals surface area contributed by atoms with Crippen LogP contribution in [0.15, 0.2) is 60.8 Å². The van der Waals surface area contributed by atoms with E-state index in [1.807, 2.05) is 12.2 Å². The number of allylic oxidation sites excluding steroid dienone is 10. The van der Waals surface area contributed by atoms with Gasteiger partial charge in [0.15, 0.2) is 0 Å². The molecule has 0 saturated carbocycles. The maximum Gasteiger partial charge on any atom is 0.472 e. The Morgan fingerprint density at radius 1 is 0.833 bits per heavy atom. The number of nitrogens with two attached hydrogens (primary N) is 1. The second kappa shape index (κ2) is 24.9. The van der Waals surface area contributed by atoms with Gasteiger partial charge in [-0.1, -0.05) is 80.5 Å². The third-order valence-corrected chi connectivity index (χ3v) is 5.63. The molecule has 0 saturated heterocycles. The van der Waals surface area contributed by atoms with Crippen molar-refractivity contribution in [3.05, 3.63) is 60.8 Å². The average Bonchev–Trinajstić information content (AvgIpc) is 2.86. The van der Waals surface area contributed by atoms with E-state index in [4.69, 9.17) is 10.5 Å². The number of hydrogen-bond donors (Lipinski definition) is 3. The van der Waals surface area contributed by atoms with Crippen LogP contribution in [0.25, 0.3) is 0 Å². The second-order valence-electron chi connectivity index (χ2n) is 8.06. The van der Waals surface area contributed by atoms with Gasteiger partial charge in [0.2, 0.25) is 0 Å². The molecule has 36 heavy (non-hydrogen) atoms. The number of esters is 1.